The highest BCUT2D eigenvalue weighted by atomic mass is 16.2. The lowest BCUT2D eigenvalue weighted by Gasteiger charge is -2.18. The van der Waals surface area contributed by atoms with Crippen molar-refractivity contribution in [1.29, 1.82) is 5.41 Å². The number of fused-ring (bicyclic) bond motifs is 1. The average molecular weight is 369 g/mol. The SMILES string of the molecule is CCCC(=N)c1cc(C(N)=O)c2c(C(N)=O)ccc(C(N)=O)c2c1C(N)=O. The van der Waals surface area contributed by atoms with E-state index in [9.17, 15) is 19.2 Å². The zero-order valence-corrected chi connectivity index (χ0v) is 14.6. The highest BCUT2D eigenvalue weighted by molar-refractivity contribution is 6.27. The molecule has 0 aliphatic heterocycles. The molecule has 0 spiro atoms. The second-order valence-corrected chi connectivity index (χ2v) is 5.94. The van der Waals surface area contributed by atoms with E-state index in [2.05, 4.69) is 0 Å². The van der Waals surface area contributed by atoms with E-state index < -0.39 is 23.6 Å². The molecule has 2 aromatic rings. The Morgan fingerprint density at radius 1 is 0.778 bits per heavy atom. The van der Waals surface area contributed by atoms with E-state index in [1.807, 2.05) is 6.92 Å². The smallest absolute Gasteiger partial charge is 0.250 e. The highest BCUT2D eigenvalue weighted by Crippen LogP contribution is 2.33. The fourth-order valence-electron chi connectivity index (χ4n) is 3.05. The summed E-state index contributed by atoms with van der Waals surface area (Å²) in [5, 5.41) is 8.02. The highest BCUT2D eigenvalue weighted by Gasteiger charge is 2.27. The van der Waals surface area contributed by atoms with Crippen LogP contribution in [0.25, 0.3) is 10.8 Å². The molecule has 0 radical (unpaired) electrons. The molecule has 0 aliphatic rings. The Kier molecular flexibility index (Phi) is 5.25. The van der Waals surface area contributed by atoms with E-state index in [1.165, 1.54) is 18.2 Å². The Morgan fingerprint density at radius 2 is 1.26 bits per heavy atom. The predicted molar refractivity (Wildman–Crippen MR) is 99.8 cm³/mol. The number of nitrogens with two attached hydrogens (primary N) is 4. The van der Waals surface area contributed by atoms with E-state index in [0.717, 1.165) is 0 Å². The molecular weight excluding hydrogens is 350 g/mol. The number of hydrogen-bond donors (Lipinski definition) is 5. The number of amides is 4. The van der Waals surface area contributed by atoms with Gasteiger partial charge in [0.2, 0.25) is 23.6 Å². The van der Waals surface area contributed by atoms with Crippen LogP contribution in [0.1, 0.15) is 66.8 Å². The standard InChI is InChI=1S/C18H19N5O4/c1-2-3-11(19)9-6-10(17(22)26)12-7(15(20)24)4-5-8(16(21)25)13(12)14(9)18(23)27/h4-6,19H,2-3H2,1H3,(H2,20,24)(H2,21,25)(H2,22,26)(H2,23,27). The Morgan fingerprint density at radius 3 is 1.67 bits per heavy atom. The number of benzene rings is 2. The third kappa shape index (κ3) is 3.34. The molecule has 0 atom stereocenters. The quantitative estimate of drug-likeness (QED) is 0.441. The van der Waals surface area contributed by atoms with Crippen LogP contribution in [0, 0.1) is 5.41 Å². The van der Waals surface area contributed by atoms with Gasteiger partial charge >= 0.3 is 0 Å². The normalized spacial score (nSPS) is 10.6. The van der Waals surface area contributed by atoms with Gasteiger partial charge in [-0.05, 0) is 24.6 Å². The summed E-state index contributed by atoms with van der Waals surface area (Å²) in [5.41, 5.74) is 21.2. The van der Waals surface area contributed by atoms with Crippen molar-refractivity contribution < 1.29 is 19.2 Å². The van der Waals surface area contributed by atoms with Crippen LogP contribution in [0.4, 0.5) is 0 Å². The number of primary amides is 4. The van der Waals surface area contributed by atoms with Crippen molar-refractivity contribution in [2.45, 2.75) is 19.8 Å². The summed E-state index contributed by atoms with van der Waals surface area (Å²) in [5.74, 6) is -3.68. The van der Waals surface area contributed by atoms with Gasteiger partial charge in [-0.2, -0.15) is 0 Å². The van der Waals surface area contributed by atoms with Crippen LogP contribution in [0.5, 0.6) is 0 Å². The number of carbonyl (C=O) groups excluding carboxylic acids is 4. The lowest BCUT2D eigenvalue weighted by atomic mass is 9.85. The minimum atomic E-state index is -0.948. The van der Waals surface area contributed by atoms with Crippen LogP contribution in [0.2, 0.25) is 0 Å². The van der Waals surface area contributed by atoms with Gasteiger partial charge in [0.05, 0.1) is 5.56 Å². The fraction of sp³-hybridized carbons (Fsp3) is 0.167. The number of nitrogens with one attached hydrogen (secondary N) is 1. The Hall–Kier alpha value is -3.75. The second kappa shape index (κ2) is 7.24. The summed E-state index contributed by atoms with van der Waals surface area (Å²) in [6, 6.07) is 3.66. The zero-order valence-electron chi connectivity index (χ0n) is 14.6. The van der Waals surface area contributed by atoms with Crippen LogP contribution in [0.15, 0.2) is 18.2 Å². The topological polar surface area (TPSA) is 196 Å². The lowest BCUT2D eigenvalue weighted by molar-refractivity contribution is 0.0984. The second-order valence-electron chi connectivity index (χ2n) is 5.94. The molecule has 0 fully saturated rings. The van der Waals surface area contributed by atoms with Crippen molar-refractivity contribution in [2.75, 3.05) is 0 Å². The molecule has 0 saturated heterocycles. The first-order valence-electron chi connectivity index (χ1n) is 8.02. The first-order valence-corrected chi connectivity index (χ1v) is 8.02. The molecule has 27 heavy (non-hydrogen) atoms. The molecule has 2 rings (SSSR count). The van der Waals surface area contributed by atoms with Crippen molar-refractivity contribution in [1.82, 2.24) is 0 Å². The van der Waals surface area contributed by atoms with Gasteiger partial charge < -0.3 is 28.3 Å². The molecule has 0 unspecified atom stereocenters. The van der Waals surface area contributed by atoms with E-state index in [0.29, 0.717) is 6.42 Å². The molecule has 0 saturated carbocycles. The molecule has 2 aromatic carbocycles. The number of rotatable bonds is 7. The summed E-state index contributed by atoms with van der Waals surface area (Å²) < 4.78 is 0. The Labute approximate surface area is 154 Å². The largest absolute Gasteiger partial charge is 0.366 e. The maximum absolute atomic E-state index is 12.2. The van der Waals surface area contributed by atoms with Gasteiger partial charge in [0.15, 0.2) is 0 Å². The van der Waals surface area contributed by atoms with Gasteiger partial charge in [-0.25, -0.2) is 0 Å². The lowest BCUT2D eigenvalue weighted by Crippen LogP contribution is -2.24. The summed E-state index contributed by atoms with van der Waals surface area (Å²) in [6.07, 6.45) is 0.871. The van der Waals surface area contributed by atoms with Crippen molar-refractivity contribution in [3.05, 3.63) is 46.0 Å². The minimum Gasteiger partial charge on any atom is -0.366 e. The number of carbonyl (C=O) groups is 4. The van der Waals surface area contributed by atoms with E-state index in [-0.39, 0.29) is 50.7 Å². The molecule has 4 amide bonds. The van der Waals surface area contributed by atoms with Crippen LogP contribution in [-0.2, 0) is 0 Å². The van der Waals surface area contributed by atoms with Gasteiger partial charge in [-0.1, -0.05) is 13.3 Å². The molecule has 0 heterocycles. The van der Waals surface area contributed by atoms with Gasteiger partial charge in [0.1, 0.15) is 0 Å². The number of hydrogen-bond acceptors (Lipinski definition) is 5. The molecule has 140 valence electrons. The van der Waals surface area contributed by atoms with Crippen molar-refractivity contribution >= 4 is 40.1 Å². The van der Waals surface area contributed by atoms with Gasteiger partial charge in [-0.15, -0.1) is 0 Å². The average Bonchev–Trinajstić information content (AvgIpc) is 2.58. The molecular formula is C18H19N5O4. The molecule has 9 nitrogen and oxygen atoms in total. The van der Waals surface area contributed by atoms with Crippen molar-refractivity contribution in [2.24, 2.45) is 22.9 Å². The molecule has 9 heteroatoms. The predicted octanol–water partition coefficient (Wildman–Crippen LogP) is 0.403. The van der Waals surface area contributed by atoms with Crippen molar-refractivity contribution in [3.63, 3.8) is 0 Å². The van der Waals surface area contributed by atoms with E-state index >= 15 is 0 Å². The van der Waals surface area contributed by atoms with Gasteiger partial charge in [-0.3, -0.25) is 19.2 Å². The summed E-state index contributed by atoms with van der Waals surface area (Å²) in [7, 11) is 0. The minimum absolute atomic E-state index is 0.0237. The van der Waals surface area contributed by atoms with Gasteiger partial charge in [0, 0.05) is 38.7 Å². The van der Waals surface area contributed by atoms with E-state index in [4.69, 9.17) is 28.3 Å². The first-order chi connectivity index (χ1) is 12.6. The monoisotopic (exact) mass is 369 g/mol. The first kappa shape index (κ1) is 19.6. The van der Waals surface area contributed by atoms with Crippen LogP contribution in [-0.4, -0.2) is 29.3 Å². The summed E-state index contributed by atoms with van der Waals surface area (Å²) >= 11 is 0. The Bertz CT molecular complexity index is 1030. The maximum Gasteiger partial charge on any atom is 0.250 e. The van der Waals surface area contributed by atoms with E-state index in [1.54, 1.807) is 0 Å². The fourth-order valence-corrected chi connectivity index (χ4v) is 3.05. The third-order valence-corrected chi connectivity index (χ3v) is 4.15. The van der Waals surface area contributed by atoms with Gasteiger partial charge in [0.25, 0.3) is 0 Å². The third-order valence-electron chi connectivity index (χ3n) is 4.15. The molecule has 0 aliphatic carbocycles. The molecule has 9 N–H and O–H groups in total. The Balaban J connectivity index is 3.24. The van der Waals surface area contributed by atoms with Crippen LogP contribution >= 0.6 is 0 Å². The summed E-state index contributed by atoms with van der Waals surface area (Å²) in [6.45, 7) is 1.83. The van der Waals surface area contributed by atoms with Crippen molar-refractivity contribution in [3.8, 4) is 0 Å². The van der Waals surface area contributed by atoms with Crippen LogP contribution < -0.4 is 22.9 Å². The summed E-state index contributed by atoms with van der Waals surface area (Å²) in [4.78, 5) is 48.1. The zero-order chi connectivity index (χ0) is 20.5. The molecule has 0 aromatic heterocycles. The van der Waals surface area contributed by atoms with Crippen LogP contribution in [0.3, 0.4) is 0 Å². The molecule has 0 bridgehead atoms. The maximum atomic E-state index is 12.2.